The van der Waals surface area contributed by atoms with E-state index in [0.29, 0.717) is 35.0 Å². The third-order valence-electron chi connectivity index (χ3n) is 4.99. The molecular weight excluding hydrogens is 471 g/mol. The Morgan fingerprint density at radius 3 is 2.31 bits per heavy atom. The first-order valence-electron chi connectivity index (χ1n) is 10.1. The number of nitrogens with zero attached hydrogens (tertiary/aromatic N) is 4. The van der Waals surface area contributed by atoms with Crippen LogP contribution < -0.4 is 4.74 Å². The Hall–Kier alpha value is -2.26. The quantitative estimate of drug-likeness (QED) is 0.431. The predicted molar refractivity (Wildman–Crippen MR) is 124 cm³/mol. The molecule has 0 atom stereocenters. The summed E-state index contributed by atoms with van der Waals surface area (Å²) < 4.78 is 11.1. The van der Waals surface area contributed by atoms with Crippen molar-refractivity contribution in [2.24, 2.45) is 0 Å². The van der Waals surface area contributed by atoms with Gasteiger partial charge in [0.05, 0.1) is 5.75 Å². The molecule has 32 heavy (non-hydrogen) atoms. The zero-order valence-corrected chi connectivity index (χ0v) is 19.6. The number of benzene rings is 2. The summed E-state index contributed by atoms with van der Waals surface area (Å²) in [6.07, 6.45) is 0. The fraction of sp³-hybridized carbons (Fsp3) is 0.318. The molecular formula is C22H22Cl2N4O3S. The number of amides is 1. The van der Waals surface area contributed by atoms with E-state index in [1.54, 1.807) is 24.3 Å². The van der Waals surface area contributed by atoms with Crippen LogP contribution in [0, 0.1) is 0 Å². The van der Waals surface area contributed by atoms with E-state index in [9.17, 15) is 4.79 Å². The Morgan fingerprint density at radius 2 is 1.62 bits per heavy atom. The van der Waals surface area contributed by atoms with E-state index in [0.717, 1.165) is 24.7 Å². The number of aromatic nitrogens is 2. The largest absolute Gasteiger partial charge is 0.484 e. The van der Waals surface area contributed by atoms with Crippen LogP contribution in [0.4, 0.5) is 0 Å². The van der Waals surface area contributed by atoms with E-state index < -0.39 is 0 Å². The zero-order chi connectivity index (χ0) is 22.3. The third-order valence-corrected chi connectivity index (χ3v) is 6.29. The van der Waals surface area contributed by atoms with Crippen molar-refractivity contribution in [3.05, 3.63) is 70.0 Å². The maximum absolute atomic E-state index is 12.6. The highest BCUT2D eigenvalue weighted by atomic mass is 35.5. The van der Waals surface area contributed by atoms with Gasteiger partial charge in [-0.2, -0.15) is 0 Å². The Labute approximate surface area is 200 Å². The molecule has 1 aliphatic rings. The molecule has 168 valence electrons. The van der Waals surface area contributed by atoms with Crippen LogP contribution in [0.1, 0.15) is 11.5 Å². The van der Waals surface area contributed by atoms with Crippen LogP contribution in [-0.4, -0.2) is 57.8 Å². The van der Waals surface area contributed by atoms with Crippen molar-refractivity contribution in [3.8, 4) is 5.75 Å². The summed E-state index contributed by atoms with van der Waals surface area (Å²) >= 11 is 13.0. The molecule has 7 nitrogen and oxygen atoms in total. The summed E-state index contributed by atoms with van der Waals surface area (Å²) in [6, 6.07) is 14.9. The standard InChI is InChI=1S/C22H22Cl2N4O3S/c23-17-3-1-16(2-4-17)13-27-9-11-28(12-10-27)21(29)15-32-22-26-25-20(31-22)14-30-19-7-5-18(24)6-8-19/h1-8H,9-15H2. The van der Waals surface area contributed by atoms with Gasteiger partial charge in [-0.25, -0.2) is 0 Å². The van der Waals surface area contributed by atoms with Gasteiger partial charge >= 0.3 is 0 Å². The molecule has 2 aromatic carbocycles. The topological polar surface area (TPSA) is 71.7 Å². The predicted octanol–water partition coefficient (Wildman–Crippen LogP) is 4.39. The molecule has 0 aliphatic carbocycles. The van der Waals surface area contributed by atoms with Crippen LogP contribution >= 0.6 is 35.0 Å². The highest BCUT2D eigenvalue weighted by Gasteiger charge is 2.22. The highest BCUT2D eigenvalue weighted by Crippen LogP contribution is 2.20. The van der Waals surface area contributed by atoms with Gasteiger partial charge in [0.2, 0.25) is 5.91 Å². The molecule has 4 rings (SSSR count). The molecule has 10 heteroatoms. The lowest BCUT2D eigenvalue weighted by Crippen LogP contribution is -2.48. The lowest BCUT2D eigenvalue weighted by atomic mass is 10.2. The molecule has 1 fully saturated rings. The fourth-order valence-electron chi connectivity index (χ4n) is 3.25. The van der Waals surface area contributed by atoms with E-state index in [1.807, 2.05) is 29.2 Å². The van der Waals surface area contributed by atoms with Crippen LogP contribution in [0.25, 0.3) is 0 Å². The second-order valence-corrected chi connectivity index (χ2v) is 9.08. The van der Waals surface area contributed by atoms with Crippen molar-refractivity contribution in [3.63, 3.8) is 0 Å². The van der Waals surface area contributed by atoms with Crippen molar-refractivity contribution in [1.82, 2.24) is 20.0 Å². The van der Waals surface area contributed by atoms with Gasteiger partial charge in [-0.3, -0.25) is 9.69 Å². The van der Waals surface area contributed by atoms with Gasteiger partial charge in [-0.15, -0.1) is 10.2 Å². The fourth-order valence-corrected chi connectivity index (χ4v) is 4.18. The third kappa shape index (κ3) is 6.62. The Kier molecular flexibility index (Phi) is 7.91. The number of thioether (sulfide) groups is 1. The first kappa shape index (κ1) is 22.9. The normalized spacial score (nSPS) is 14.5. The number of carbonyl (C=O) groups is 1. The van der Waals surface area contributed by atoms with Gasteiger partial charge in [0, 0.05) is 42.8 Å². The monoisotopic (exact) mass is 492 g/mol. The molecule has 0 spiro atoms. The molecule has 1 amide bonds. The molecule has 1 aromatic heterocycles. The molecule has 0 bridgehead atoms. The second-order valence-electron chi connectivity index (χ2n) is 7.28. The molecule has 1 aliphatic heterocycles. The Bertz CT molecular complexity index is 1020. The number of carbonyl (C=O) groups excluding carboxylic acids is 1. The van der Waals surface area contributed by atoms with E-state index >= 15 is 0 Å². The van der Waals surface area contributed by atoms with Crippen LogP contribution in [0.2, 0.25) is 10.0 Å². The average Bonchev–Trinajstić information content (AvgIpc) is 3.27. The maximum Gasteiger partial charge on any atom is 0.277 e. The van der Waals surface area contributed by atoms with Crippen LogP contribution in [0.5, 0.6) is 5.75 Å². The van der Waals surface area contributed by atoms with E-state index in [4.69, 9.17) is 32.4 Å². The summed E-state index contributed by atoms with van der Waals surface area (Å²) in [5.41, 5.74) is 1.22. The summed E-state index contributed by atoms with van der Waals surface area (Å²) in [4.78, 5) is 16.8. The van der Waals surface area contributed by atoms with Crippen molar-refractivity contribution >= 4 is 40.9 Å². The minimum atomic E-state index is 0.0679. The number of halogens is 2. The van der Waals surface area contributed by atoms with E-state index in [2.05, 4.69) is 15.1 Å². The summed E-state index contributed by atoms with van der Waals surface area (Å²) in [5.74, 6) is 1.34. The first-order valence-corrected chi connectivity index (χ1v) is 11.9. The smallest absolute Gasteiger partial charge is 0.277 e. The minimum Gasteiger partial charge on any atom is -0.484 e. The Balaban J connectivity index is 1.17. The van der Waals surface area contributed by atoms with Gasteiger partial charge < -0.3 is 14.1 Å². The first-order chi connectivity index (χ1) is 15.5. The van der Waals surface area contributed by atoms with Crippen LogP contribution in [0.3, 0.4) is 0 Å². The molecule has 2 heterocycles. The molecule has 0 unspecified atom stereocenters. The van der Waals surface area contributed by atoms with Gasteiger partial charge in [-0.1, -0.05) is 47.1 Å². The zero-order valence-electron chi connectivity index (χ0n) is 17.2. The van der Waals surface area contributed by atoms with Crippen LogP contribution in [-0.2, 0) is 17.9 Å². The lowest BCUT2D eigenvalue weighted by molar-refractivity contribution is -0.130. The van der Waals surface area contributed by atoms with Gasteiger partial charge in [0.15, 0.2) is 6.61 Å². The Morgan fingerprint density at radius 1 is 0.969 bits per heavy atom. The van der Waals surface area contributed by atoms with Crippen molar-refractivity contribution in [2.45, 2.75) is 18.4 Å². The van der Waals surface area contributed by atoms with Gasteiger partial charge in [0.1, 0.15) is 5.75 Å². The second kappa shape index (κ2) is 11.0. The van der Waals surface area contributed by atoms with Crippen LogP contribution in [0.15, 0.2) is 58.2 Å². The number of hydrogen-bond acceptors (Lipinski definition) is 7. The van der Waals surface area contributed by atoms with Crippen molar-refractivity contribution in [1.29, 1.82) is 0 Å². The SMILES string of the molecule is O=C(CSc1nnc(COc2ccc(Cl)cc2)o1)N1CCN(Cc2ccc(Cl)cc2)CC1. The number of piperazine rings is 1. The average molecular weight is 493 g/mol. The summed E-state index contributed by atoms with van der Waals surface area (Å²) in [5, 5.41) is 9.68. The molecule has 1 saturated heterocycles. The minimum absolute atomic E-state index is 0.0679. The van der Waals surface area contributed by atoms with Crippen molar-refractivity contribution in [2.75, 3.05) is 31.9 Å². The summed E-state index contributed by atoms with van der Waals surface area (Å²) in [6.45, 7) is 4.10. The molecule has 0 radical (unpaired) electrons. The van der Waals surface area contributed by atoms with Gasteiger partial charge in [0.25, 0.3) is 11.1 Å². The molecule has 0 N–H and O–H groups in total. The molecule has 3 aromatic rings. The highest BCUT2D eigenvalue weighted by molar-refractivity contribution is 7.99. The number of hydrogen-bond donors (Lipinski definition) is 0. The van der Waals surface area contributed by atoms with E-state index in [-0.39, 0.29) is 18.3 Å². The number of ether oxygens (including phenoxy) is 1. The summed E-state index contributed by atoms with van der Waals surface area (Å²) in [7, 11) is 0. The molecule has 0 saturated carbocycles. The number of rotatable bonds is 8. The lowest BCUT2D eigenvalue weighted by Gasteiger charge is -2.34. The van der Waals surface area contributed by atoms with Crippen molar-refractivity contribution < 1.29 is 13.9 Å². The van der Waals surface area contributed by atoms with E-state index in [1.165, 1.54) is 17.3 Å². The van der Waals surface area contributed by atoms with Gasteiger partial charge in [-0.05, 0) is 42.0 Å². The maximum atomic E-state index is 12.6.